The Bertz CT molecular complexity index is 428. The minimum Gasteiger partial charge on any atom is -0.389 e. The Hall–Kier alpha value is -1.13. The fourth-order valence-corrected chi connectivity index (χ4v) is 2.41. The standard InChI is InChI=1S/C14H20N2OS/c1-10-4-5-13(12(7-10)14(15)18)16-8-11-3-2-6-17-9-11/h4-5,7,11,16H,2-3,6,8-9H2,1H3,(H2,15,18). The van der Waals surface area contributed by atoms with E-state index in [9.17, 15) is 0 Å². The van der Waals surface area contributed by atoms with E-state index in [1.807, 2.05) is 19.1 Å². The summed E-state index contributed by atoms with van der Waals surface area (Å²) in [5.41, 5.74) is 8.89. The normalized spacial score (nSPS) is 19.5. The molecule has 2 rings (SSSR count). The molecule has 1 heterocycles. The van der Waals surface area contributed by atoms with E-state index < -0.39 is 0 Å². The van der Waals surface area contributed by atoms with Crippen molar-refractivity contribution in [1.82, 2.24) is 0 Å². The smallest absolute Gasteiger partial charge is 0.106 e. The van der Waals surface area contributed by atoms with Gasteiger partial charge in [0.1, 0.15) is 4.99 Å². The molecular formula is C14H20N2OS. The number of aryl methyl sites for hydroxylation is 1. The highest BCUT2D eigenvalue weighted by Gasteiger charge is 2.14. The second-order valence-corrected chi connectivity index (χ2v) is 5.32. The van der Waals surface area contributed by atoms with Crippen molar-refractivity contribution in [3.8, 4) is 0 Å². The van der Waals surface area contributed by atoms with Gasteiger partial charge < -0.3 is 15.8 Å². The zero-order valence-corrected chi connectivity index (χ0v) is 11.6. The third-order valence-corrected chi connectivity index (χ3v) is 3.50. The second-order valence-electron chi connectivity index (χ2n) is 4.88. The van der Waals surface area contributed by atoms with Crippen LogP contribution in [0.2, 0.25) is 0 Å². The van der Waals surface area contributed by atoms with E-state index in [0.29, 0.717) is 10.9 Å². The fourth-order valence-electron chi connectivity index (χ4n) is 2.24. The summed E-state index contributed by atoms with van der Waals surface area (Å²) in [5, 5.41) is 3.44. The molecule has 1 saturated heterocycles. The van der Waals surface area contributed by atoms with Crippen molar-refractivity contribution >= 4 is 22.9 Å². The van der Waals surface area contributed by atoms with Crippen molar-refractivity contribution in [3.05, 3.63) is 29.3 Å². The molecule has 4 heteroatoms. The highest BCUT2D eigenvalue weighted by atomic mass is 32.1. The van der Waals surface area contributed by atoms with Crippen LogP contribution in [0.15, 0.2) is 18.2 Å². The van der Waals surface area contributed by atoms with Crippen LogP contribution < -0.4 is 11.1 Å². The number of hydrogen-bond donors (Lipinski definition) is 2. The molecular weight excluding hydrogens is 244 g/mol. The average molecular weight is 264 g/mol. The number of benzene rings is 1. The van der Waals surface area contributed by atoms with E-state index in [0.717, 1.165) is 37.4 Å². The van der Waals surface area contributed by atoms with Gasteiger partial charge in [-0.15, -0.1) is 0 Å². The van der Waals surface area contributed by atoms with Gasteiger partial charge in [-0.3, -0.25) is 0 Å². The molecule has 3 nitrogen and oxygen atoms in total. The van der Waals surface area contributed by atoms with Crippen molar-refractivity contribution < 1.29 is 4.74 Å². The summed E-state index contributed by atoms with van der Waals surface area (Å²) < 4.78 is 5.48. The molecule has 0 radical (unpaired) electrons. The van der Waals surface area contributed by atoms with Crippen LogP contribution in [0, 0.1) is 12.8 Å². The van der Waals surface area contributed by atoms with Gasteiger partial charge in [0.15, 0.2) is 0 Å². The topological polar surface area (TPSA) is 47.3 Å². The fraction of sp³-hybridized carbons (Fsp3) is 0.500. The van der Waals surface area contributed by atoms with Crippen LogP contribution in [0.1, 0.15) is 24.0 Å². The summed E-state index contributed by atoms with van der Waals surface area (Å²) >= 11 is 5.09. The Kier molecular flexibility index (Phi) is 4.55. The minimum absolute atomic E-state index is 0.445. The Morgan fingerprint density at radius 1 is 1.56 bits per heavy atom. The lowest BCUT2D eigenvalue weighted by molar-refractivity contribution is 0.0595. The summed E-state index contributed by atoms with van der Waals surface area (Å²) in [5.74, 6) is 0.583. The van der Waals surface area contributed by atoms with Gasteiger partial charge >= 0.3 is 0 Å². The number of anilines is 1. The molecule has 1 aliphatic heterocycles. The van der Waals surface area contributed by atoms with Gasteiger partial charge in [-0.1, -0.05) is 23.8 Å². The molecule has 0 aliphatic carbocycles. The maximum absolute atomic E-state index is 5.76. The molecule has 98 valence electrons. The van der Waals surface area contributed by atoms with Gasteiger partial charge in [0.05, 0.1) is 6.61 Å². The molecule has 0 bridgehead atoms. The predicted octanol–water partition coefficient (Wildman–Crippen LogP) is 2.47. The van der Waals surface area contributed by atoms with Crippen LogP contribution in [0.5, 0.6) is 0 Å². The minimum atomic E-state index is 0.445. The van der Waals surface area contributed by atoms with Crippen molar-refractivity contribution in [1.29, 1.82) is 0 Å². The predicted molar refractivity (Wildman–Crippen MR) is 79.1 cm³/mol. The van der Waals surface area contributed by atoms with Crippen LogP contribution in [-0.2, 0) is 4.74 Å². The average Bonchev–Trinajstić information content (AvgIpc) is 2.38. The van der Waals surface area contributed by atoms with E-state index in [-0.39, 0.29) is 0 Å². The van der Waals surface area contributed by atoms with Crippen molar-refractivity contribution in [2.75, 3.05) is 25.1 Å². The molecule has 0 spiro atoms. The SMILES string of the molecule is Cc1ccc(NCC2CCCOC2)c(C(N)=S)c1. The number of hydrogen-bond acceptors (Lipinski definition) is 3. The van der Waals surface area contributed by atoms with Gasteiger partial charge in [-0.25, -0.2) is 0 Å². The van der Waals surface area contributed by atoms with Crippen LogP contribution >= 0.6 is 12.2 Å². The molecule has 1 atom stereocenters. The highest BCUT2D eigenvalue weighted by Crippen LogP contribution is 2.20. The highest BCUT2D eigenvalue weighted by molar-refractivity contribution is 7.80. The number of rotatable bonds is 4. The molecule has 1 aromatic rings. The largest absolute Gasteiger partial charge is 0.389 e. The Labute approximate surface area is 114 Å². The lowest BCUT2D eigenvalue weighted by Gasteiger charge is -2.23. The summed E-state index contributed by atoms with van der Waals surface area (Å²) in [6.07, 6.45) is 2.38. The Morgan fingerprint density at radius 2 is 2.39 bits per heavy atom. The lowest BCUT2D eigenvalue weighted by Crippen LogP contribution is -2.25. The molecule has 1 unspecified atom stereocenters. The molecule has 0 amide bonds. The monoisotopic (exact) mass is 264 g/mol. The summed E-state index contributed by atoms with van der Waals surface area (Å²) in [6, 6.07) is 6.15. The Balaban J connectivity index is 2.01. The molecule has 0 saturated carbocycles. The molecule has 1 aromatic carbocycles. The third kappa shape index (κ3) is 3.43. The van der Waals surface area contributed by atoms with Gasteiger partial charge in [0.2, 0.25) is 0 Å². The van der Waals surface area contributed by atoms with Crippen LogP contribution in [0.3, 0.4) is 0 Å². The quantitative estimate of drug-likeness (QED) is 0.820. The van der Waals surface area contributed by atoms with Crippen molar-refractivity contribution in [2.24, 2.45) is 11.7 Å². The molecule has 0 aromatic heterocycles. The Morgan fingerprint density at radius 3 is 3.06 bits per heavy atom. The van der Waals surface area contributed by atoms with E-state index in [4.69, 9.17) is 22.7 Å². The van der Waals surface area contributed by atoms with Crippen LogP contribution in [0.25, 0.3) is 0 Å². The van der Waals surface area contributed by atoms with Crippen LogP contribution in [-0.4, -0.2) is 24.7 Å². The number of ether oxygens (including phenoxy) is 1. The summed E-state index contributed by atoms with van der Waals surface area (Å²) in [7, 11) is 0. The summed E-state index contributed by atoms with van der Waals surface area (Å²) in [4.78, 5) is 0.445. The maximum Gasteiger partial charge on any atom is 0.106 e. The molecule has 3 N–H and O–H groups in total. The molecule has 1 aliphatic rings. The first kappa shape index (κ1) is 13.3. The zero-order valence-electron chi connectivity index (χ0n) is 10.7. The first-order valence-electron chi connectivity index (χ1n) is 6.39. The van der Waals surface area contributed by atoms with Crippen LogP contribution in [0.4, 0.5) is 5.69 Å². The van der Waals surface area contributed by atoms with E-state index >= 15 is 0 Å². The first-order valence-corrected chi connectivity index (χ1v) is 6.79. The maximum atomic E-state index is 5.76. The second kappa shape index (κ2) is 6.16. The number of nitrogens with one attached hydrogen (secondary N) is 1. The van der Waals surface area contributed by atoms with Gasteiger partial charge in [-0.05, 0) is 37.8 Å². The van der Waals surface area contributed by atoms with Crippen molar-refractivity contribution in [3.63, 3.8) is 0 Å². The number of nitrogens with two attached hydrogens (primary N) is 1. The zero-order chi connectivity index (χ0) is 13.0. The van der Waals surface area contributed by atoms with E-state index in [2.05, 4.69) is 11.4 Å². The molecule has 18 heavy (non-hydrogen) atoms. The van der Waals surface area contributed by atoms with Gasteiger partial charge in [0.25, 0.3) is 0 Å². The van der Waals surface area contributed by atoms with Crippen molar-refractivity contribution in [2.45, 2.75) is 19.8 Å². The first-order chi connectivity index (χ1) is 8.66. The van der Waals surface area contributed by atoms with E-state index in [1.54, 1.807) is 0 Å². The third-order valence-electron chi connectivity index (χ3n) is 3.28. The van der Waals surface area contributed by atoms with E-state index in [1.165, 1.54) is 12.0 Å². The molecule has 1 fully saturated rings. The number of thiocarbonyl (C=S) groups is 1. The lowest BCUT2D eigenvalue weighted by atomic mass is 10.0. The van der Waals surface area contributed by atoms with Gasteiger partial charge in [0, 0.05) is 24.4 Å². The van der Waals surface area contributed by atoms with Gasteiger partial charge in [-0.2, -0.15) is 0 Å². The summed E-state index contributed by atoms with van der Waals surface area (Å²) in [6.45, 7) is 4.71.